The van der Waals surface area contributed by atoms with Gasteiger partial charge in [-0.15, -0.1) is 4.73 Å². The van der Waals surface area contributed by atoms with Crippen LogP contribution in [-0.4, -0.2) is 44.1 Å². The molecule has 37 heavy (non-hydrogen) atoms. The number of ether oxygens (including phenoxy) is 1. The molecule has 0 aliphatic rings. The number of benzene rings is 1. The molecule has 1 aromatic carbocycles. The van der Waals surface area contributed by atoms with Gasteiger partial charge in [-0.05, 0) is 45.2 Å². The minimum absolute atomic E-state index is 0.123. The van der Waals surface area contributed by atoms with E-state index in [2.05, 4.69) is 20.6 Å². The van der Waals surface area contributed by atoms with E-state index in [1.165, 1.54) is 6.33 Å². The number of aromatic carboxylic acids is 1. The standard InChI is InChI=1S/C26H33N5O6/c1-6-7-11-36-31-22-19(16(2)29-15-30-22)21(20(23(31)32)24(33)34)27-13-17-9-8-10-18(12-17)14-28-25(35)37-26(3,4)5/h8-10,12,15,27H,6-7,11,13-14H2,1-5H3,(H,28,35)(H,33,34). The molecule has 2 heterocycles. The van der Waals surface area contributed by atoms with Gasteiger partial charge in [0.2, 0.25) is 0 Å². The van der Waals surface area contributed by atoms with E-state index in [-0.39, 0.29) is 31.0 Å². The number of pyridine rings is 1. The molecule has 0 spiro atoms. The molecule has 3 N–H and O–H groups in total. The highest BCUT2D eigenvalue weighted by Crippen LogP contribution is 2.27. The minimum Gasteiger partial charge on any atom is -0.477 e. The Hall–Kier alpha value is -4.15. The number of aryl methyl sites for hydroxylation is 1. The molecule has 0 fully saturated rings. The number of carbonyl (C=O) groups is 2. The molecule has 11 nitrogen and oxygen atoms in total. The minimum atomic E-state index is -1.39. The first kappa shape index (κ1) is 27.4. The monoisotopic (exact) mass is 511 g/mol. The lowest BCUT2D eigenvalue weighted by molar-refractivity contribution is 0.0523. The predicted octanol–water partition coefficient (Wildman–Crippen LogP) is 3.66. The molecule has 1 amide bonds. The van der Waals surface area contributed by atoms with Gasteiger partial charge in [0.15, 0.2) is 11.2 Å². The summed E-state index contributed by atoms with van der Waals surface area (Å²) in [7, 11) is 0. The summed E-state index contributed by atoms with van der Waals surface area (Å²) in [6.07, 6.45) is 2.32. The average Bonchev–Trinajstić information content (AvgIpc) is 2.82. The number of fused-ring (bicyclic) bond motifs is 1. The zero-order valence-corrected chi connectivity index (χ0v) is 21.8. The van der Waals surface area contributed by atoms with Gasteiger partial charge in [0, 0.05) is 13.1 Å². The van der Waals surface area contributed by atoms with Crippen molar-refractivity contribution < 1.29 is 24.3 Å². The van der Waals surface area contributed by atoms with E-state index >= 15 is 0 Å². The highest BCUT2D eigenvalue weighted by molar-refractivity contribution is 6.04. The number of aromatic nitrogens is 3. The molecule has 0 saturated carbocycles. The summed E-state index contributed by atoms with van der Waals surface area (Å²) in [5, 5.41) is 16.1. The van der Waals surface area contributed by atoms with Gasteiger partial charge in [-0.2, -0.15) is 0 Å². The van der Waals surface area contributed by atoms with Crippen molar-refractivity contribution >= 4 is 28.8 Å². The quantitative estimate of drug-likeness (QED) is 0.347. The van der Waals surface area contributed by atoms with Crippen molar-refractivity contribution in [2.45, 2.75) is 66.2 Å². The highest BCUT2D eigenvalue weighted by Gasteiger charge is 2.25. The number of hydrogen-bond donors (Lipinski definition) is 3. The molecule has 0 aliphatic carbocycles. The number of carbonyl (C=O) groups excluding carboxylic acids is 1. The maximum atomic E-state index is 13.2. The number of amides is 1. The highest BCUT2D eigenvalue weighted by atomic mass is 16.7. The Morgan fingerprint density at radius 3 is 2.49 bits per heavy atom. The van der Waals surface area contributed by atoms with Crippen LogP contribution in [0.5, 0.6) is 0 Å². The summed E-state index contributed by atoms with van der Waals surface area (Å²) >= 11 is 0. The zero-order chi connectivity index (χ0) is 27.2. The van der Waals surface area contributed by atoms with Crippen LogP contribution in [0.25, 0.3) is 11.0 Å². The predicted molar refractivity (Wildman–Crippen MR) is 139 cm³/mol. The summed E-state index contributed by atoms with van der Waals surface area (Å²) in [6.45, 7) is 9.77. The first-order valence-corrected chi connectivity index (χ1v) is 12.1. The molecular weight excluding hydrogens is 478 g/mol. The van der Waals surface area contributed by atoms with Crippen LogP contribution in [0.4, 0.5) is 10.5 Å². The van der Waals surface area contributed by atoms with Gasteiger partial charge in [-0.3, -0.25) is 4.79 Å². The lowest BCUT2D eigenvalue weighted by atomic mass is 10.1. The third-order valence-electron chi connectivity index (χ3n) is 5.34. The van der Waals surface area contributed by atoms with E-state index in [4.69, 9.17) is 9.57 Å². The van der Waals surface area contributed by atoms with Crippen LogP contribution in [-0.2, 0) is 17.8 Å². The molecular formula is C26H33N5O6. The van der Waals surface area contributed by atoms with E-state index in [1.54, 1.807) is 27.7 Å². The maximum Gasteiger partial charge on any atom is 0.407 e. The van der Waals surface area contributed by atoms with Crippen molar-refractivity contribution in [2.75, 3.05) is 11.9 Å². The number of carboxylic acid groups (broad SMARTS) is 1. The lowest BCUT2D eigenvalue weighted by Gasteiger charge is -2.20. The van der Waals surface area contributed by atoms with Crippen LogP contribution < -0.4 is 21.0 Å². The van der Waals surface area contributed by atoms with Crippen molar-refractivity contribution in [3.63, 3.8) is 0 Å². The van der Waals surface area contributed by atoms with E-state index in [0.29, 0.717) is 17.5 Å². The summed E-state index contributed by atoms with van der Waals surface area (Å²) in [6, 6.07) is 7.40. The number of anilines is 1. The van der Waals surface area contributed by atoms with Gasteiger partial charge < -0.3 is 25.3 Å². The van der Waals surface area contributed by atoms with Crippen molar-refractivity contribution in [1.82, 2.24) is 20.0 Å². The number of rotatable bonds is 10. The molecule has 11 heteroatoms. The maximum absolute atomic E-state index is 13.2. The Morgan fingerprint density at radius 2 is 1.84 bits per heavy atom. The summed E-state index contributed by atoms with van der Waals surface area (Å²) in [5.41, 5.74) is 0.584. The number of nitrogens with zero attached hydrogens (tertiary/aromatic N) is 3. The van der Waals surface area contributed by atoms with Crippen LogP contribution in [0.15, 0.2) is 35.4 Å². The summed E-state index contributed by atoms with van der Waals surface area (Å²) in [5.74, 6) is -1.39. The fourth-order valence-corrected chi connectivity index (χ4v) is 3.66. The van der Waals surface area contributed by atoms with E-state index in [0.717, 1.165) is 22.3 Å². The second-order valence-electron chi connectivity index (χ2n) is 9.53. The molecule has 0 saturated heterocycles. The molecule has 2 aromatic heterocycles. The smallest absolute Gasteiger partial charge is 0.407 e. The zero-order valence-electron chi connectivity index (χ0n) is 21.8. The Balaban J connectivity index is 1.91. The molecule has 198 valence electrons. The second-order valence-corrected chi connectivity index (χ2v) is 9.53. The molecule has 3 rings (SSSR count). The molecule has 0 radical (unpaired) electrons. The van der Waals surface area contributed by atoms with E-state index in [1.807, 2.05) is 31.2 Å². The molecule has 0 unspecified atom stereocenters. The van der Waals surface area contributed by atoms with Gasteiger partial charge >= 0.3 is 17.6 Å². The number of nitrogens with one attached hydrogen (secondary N) is 2. The third-order valence-corrected chi connectivity index (χ3v) is 5.34. The molecule has 0 aliphatic heterocycles. The van der Waals surface area contributed by atoms with Gasteiger partial charge in [0.25, 0.3) is 0 Å². The molecule has 0 atom stereocenters. The Bertz CT molecular complexity index is 1350. The van der Waals surface area contributed by atoms with Gasteiger partial charge in [-0.1, -0.05) is 37.6 Å². The van der Waals surface area contributed by atoms with Crippen LogP contribution >= 0.6 is 0 Å². The number of unbranched alkanes of at least 4 members (excludes halogenated alkanes) is 1. The largest absolute Gasteiger partial charge is 0.477 e. The molecule has 3 aromatic rings. The van der Waals surface area contributed by atoms with E-state index in [9.17, 15) is 19.5 Å². The molecule has 0 bridgehead atoms. The van der Waals surface area contributed by atoms with Crippen LogP contribution in [0, 0.1) is 6.92 Å². The van der Waals surface area contributed by atoms with Gasteiger partial charge in [0.1, 0.15) is 18.5 Å². The fourth-order valence-electron chi connectivity index (χ4n) is 3.66. The summed E-state index contributed by atoms with van der Waals surface area (Å²) in [4.78, 5) is 51.4. The Labute approximate surface area is 214 Å². The van der Waals surface area contributed by atoms with Crippen molar-refractivity contribution in [3.8, 4) is 0 Å². The SMILES string of the molecule is CCCCOn1c(=O)c(C(=O)O)c(NCc2cccc(CNC(=O)OC(C)(C)C)c2)c2c(C)ncnc21. The summed E-state index contributed by atoms with van der Waals surface area (Å²) < 4.78 is 6.20. The number of hydrogen-bond acceptors (Lipinski definition) is 8. The number of alkyl carbamates (subject to hydrolysis) is 1. The number of carboxylic acids is 1. The average molecular weight is 512 g/mol. The van der Waals surface area contributed by atoms with Crippen molar-refractivity contribution in [3.05, 3.63) is 63.3 Å². The fraction of sp³-hybridized carbons (Fsp3) is 0.423. The second kappa shape index (κ2) is 11.7. The van der Waals surface area contributed by atoms with Gasteiger partial charge in [-0.25, -0.2) is 19.6 Å². The topological polar surface area (TPSA) is 145 Å². The van der Waals surface area contributed by atoms with Crippen molar-refractivity contribution in [1.29, 1.82) is 0 Å². The first-order valence-electron chi connectivity index (χ1n) is 12.1. The van der Waals surface area contributed by atoms with Crippen LogP contribution in [0.1, 0.15) is 67.7 Å². The van der Waals surface area contributed by atoms with Crippen molar-refractivity contribution in [2.24, 2.45) is 0 Å². The van der Waals surface area contributed by atoms with Crippen LogP contribution in [0.3, 0.4) is 0 Å². The van der Waals surface area contributed by atoms with Crippen LogP contribution in [0.2, 0.25) is 0 Å². The lowest BCUT2D eigenvalue weighted by Crippen LogP contribution is -2.34. The normalized spacial score (nSPS) is 11.3. The third kappa shape index (κ3) is 6.96. The Kier molecular flexibility index (Phi) is 8.69. The first-order chi connectivity index (χ1) is 17.5. The van der Waals surface area contributed by atoms with Gasteiger partial charge in [0.05, 0.1) is 16.8 Å². The Morgan fingerprint density at radius 1 is 1.14 bits per heavy atom. The van der Waals surface area contributed by atoms with E-state index < -0.39 is 28.8 Å².